The lowest BCUT2D eigenvalue weighted by molar-refractivity contribution is 0.0585. The third-order valence-corrected chi connectivity index (χ3v) is 3.85. The van der Waals surface area contributed by atoms with E-state index in [1.165, 1.54) is 0 Å². The molecule has 114 valence electrons. The fraction of sp³-hybridized carbons (Fsp3) is 0.500. The lowest BCUT2D eigenvalue weighted by atomic mass is 10.1. The van der Waals surface area contributed by atoms with Gasteiger partial charge in [-0.1, -0.05) is 32.0 Å². The molecule has 0 aliphatic carbocycles. The van der Waals surface area contributed by atoms with Crippen LogP contribution in [0.25, 0.3) is 10.9 Å². The smallest absolute Gasteiger partial charge is 0.275 e. The van der Waals surface area contributed by atoms with Gasteiger partial charge in [-0.15, -0.1) is 0 Å². The number of hydrogen-bond acceptors (Lipinski definition) is 3. The summed E-state index contributed by atoms with van der Waals surface area (Å²) in [5, 5.41) is 8.02. The molecule has 1 N–H and O–H groups in total. The summed E-state index contributed by atoms with van der Waals surface area (Å²) in [4.78, 5) is 14.8. The number of nitrogens with zero attached hydrogens (tertiary/aromatic N) is 2. The summed E-state index contributed by atoms with van der Waals surface area (Å²) in [5.74, 6) is -0.0294. The van der Waals surface area contributed by atoms with E-state index in [0.717, 1.165) is 23.7 Å². The fourth-order valence-electron chi connectivity index (χ4n) is 2.63. The minimum atomic E-state index is -0.0294. The molecular formula is C16H23N3O2. The van der Waals surface area contributed by atoms with Gasteiger partial charge in [-0.05, 0) is 18.9 Å². The quantitative estimate of drug-likeness (QED) is 0.852. The number of aromatic nitrogens is 2. The van der Waals surface area contributed by atoms with Gasteiger partial charge in [0.15, 0.2) is 5.69 Å². The first kappa shape index (κ1) is 15.5. The topological polar surface area (TPSA) is 58.2 Å². The van der Waals surface area contributed by atoms with Crippen molar-refractivity contribution in [1.82, 2.24) is 15.1 Å². The number of aromatic amines is 1. The van der Waals surface area contributed by atoms with Crippen molar-refractivity contribution >= 4 is 16.8 Å². The molecule has 0 spiro atoms. The number of hydrogen-bond donors (Lipinski definition) is 1. The van der Waals surface area contributed by atoms with Gasteiger partial charge in [-0.2, -0.15) is 5.10 Å². The second-order valence-corrected chi connectivity index (χ2v) is 5.08. The molecule has 0 fully saturated rings. The monoisotopic (exact) mass is 289 g/mol. The molecule has 0 saturated carbocycles. The maximum Gasteiger partial charge on any atom is 0.275 e. The molecule has 1 heterocycles. The Balaban J connectivity index is 2.32. The van der Waals surface area contributed by atoms with Crippen LogP contribution < -0.4 is 0 Å². The molecule has 2 rings (SSSR count). The van der Waals surface area contributed by atoms with Gasteiger partial charge in [0.25, 0.3) is 5.91 Å². The molecule has 0 aliphatic rings. The predicted molar refractivity (Wildman–Crippen MR) is 83.4 cm³/mol. The van der Waals surface area contributed by atoms with Crippen LogP contribution in [0.1, 0.15) is 37.2 Å². The van der Waals surface area contributed by atoms with Crippen molar-refractivity contribution < 1.29 is 9.53 Å². The Morgan fingerprint density at radius 2 is 2.05 bits per heavy atom. The molecule has 0 bridgehead atoms. The van der Waals surface area contributed by atoms with Crippen LogP contribution in [-0.4, -0.2) is 47.3 Å². The number of carbonyl (C=O) groups is 1. The number of ether oxygens (including phenoxy) is 1. The molecule has 5 nitrogen and oxygen atoms in total. The Kier molecular flexibility index (Phi) is 5.33. The first-order valence-electron chi connectivity index (χ1n) is 7.45. The van der Waals surface area contributed by atoms with Crippen LogP contribution >= 0.6 is 0 Å². The summed E-state index contributed by atoms with van der Waals surface area (Å²) >= 11 is 0. The number of para-hydroxylation sites is 1. The second kappa shape index (κ2) is 7.22. The normalized spacial score (nSPS) is 11.2. The SMILES string of the molecule is CCC(CC)N(CCOC)C(=O)c1n[nH]c2ccccc12. The molecule has 1 amide bonds. The molecule has 0 atom stereocenters. The van der Waals surface area contributed by atoms with Crippen LogP contribution in [-0.2, 0) is 4.74 Å². The molecule has 0 aliphatic heterocycles. The van der Waals surface area contributed by atoms with Gasteiger partial charge in [-0.25, -0.2) is 0 Å². The molecule has 1 aromatic heterocycles. The second-order valence-electron chi connectivity index (χ2n) is 5.08. The van der Waals surface area contributed by atoms with E-state index < -0.39 is 0 Å². The molecule has 2 aromatic rings. The summed E-state index contributed by atoms with van der Waals surface area (Å²) in [5.41, 5.74) is 1.38. The zero-order valence-corrected chi connectivity index (χ0v) is 12.9. The van der Waals surface area contributed by atoms with E-state index in [4.69, 9.17) is 4.74 Å². The highest BCUT2D eigenvalue weighted by Gasteiger charge is 2.25. The molecule has 1 aromatic carbocycles. The van der Waals surface area contributed by atoms with Gasteiger partial charge < -0.3 is 9.64 Å². The minimum Gasteiger partial charge on any atom is -0.383 e. The zero-order chi connectivity index (χ0) is 15.2. The summed E-state index contributed by atoms with van der Waals surface area (Å²) in [7, 11) is 1.65. The van der Waals surface area contributed by atoms with Crippen LogP contribution in [0.3, 0.4) is 0 Å². The van der Waals surface area contributed by atoms with Crippen molar-refractivity contribution in [2.75, 3.05) is 20.3 Å². The van der Waals surface area contributed by atoms with E-state index in [1.807, 2.05) is 29.2 Å². The molecule has 21 heavy (non-hydrogen) atoms. The van der Waals surface area contributed by atoms with Crippen molar-refractivity contribution in [2.24, 2.45) is 0 Å². The Labute approximate surface area is 125 Å². The number of nitrogens with one attached hydrogen (secondary N) is 1. The van der Waals surface area contributed by atoms with E-state index in [1.54, 1.807) is 7.11 Å². The van der Waals surface area contributed by atoms with Gasteiger partial charge in [0.2, 0.25) is 0 Å². The van der Waals surface area contributed by atoms with Crippen molar-refractivity contribution in [1.29, 1.82) is 0 Å². The van der Waals surface area contributed by atoms with Gasteiger partial charge >= 0.3 is 0 Å². The van der Waals surface area contributed by atoms with E-state index >= 15 is 0 Å². The van der Waals surface area contributed by atoms with Crippen molar-refractivity contribution in [3.8, 4) is 0 Å². The number of H-pyrrole nitrogens is 1. The number of methoxy groups -OCH3 is 1. The highest BCUT2D eigenvalue weighted by Crippen LogP contribution is 2.19. The number of benzene rings is 1. The Morgan fingerprint density at radius 3 is 2.71 bits per heavy atom. The Hall–Kier alpha value is -1.88. The van der Waals surface area contributed by atoms with Crippen LogP contribution in [0.15, 0.2) is 24.3 Å². The number of carbonyl (C=O) groups excluding carboxylic acids is 1. The van der Waals surface area contributed by atoms with E-state index in [-0.39, 0.29) is 11.9 Å². The number of fused-ring (bicyclic) bond motifs is 1. The Morgan fingerprint density at radius 1 is 1.33 bits per heavy atom. The van der Waals surface area contributed by atoms with E-state index in [2.05, 4.69) is 24.0 Å². The van der Waals surface area contributed by atoms with Crippen LogP contribution in [0.5, 0.6) is 0 Å². The third-order valence-electron chi connectivity index (χ3n) is 3.85. The maximum absolute atomic E-state index is 12.9. The first-order valence-corrected chi connectivity index (χ1v) is 7.45. The van der Waals surface area contributed by atoms with E-state index in [0.29, 0.717) is 18.8 Å². The largest absolute Gasteiger partial charge is 0.383 e. The molecule has 5 heteroatoms. The average Bonchev–Trinajstić information content (AvgIpc) is 2.95. The van der Waals surface area contributed by atoms with E-state index in [9.17, 15) is 4.79 Å². The van der Waals surface area contributed by atoms with Gasteiger partial charge in [0, 0.05) is 25.1 Å². The van der Waals surface area contributed by atoms with Crippen molar-refractivity contribution in [3.63, 3.8) is 0 Å². The molecule has 0 saturated heterocycles. The Bertz CT molecular complexity index is 590. The molecular weight excluding hydrogens is 266 g/mol. The fourth-order valence-corrected chi connectivity index (χ4v) is 2.63. The summed E-state index contributed by atoms with van der Waals surface area (Å²) in [6.07, 6.45) is 1.85. The summed E-state index contributed by atoms with van der Waals surface area (Å²) < 4.78 is 5.14. The number of rotatable bonds is 7. The highest BCUT2D eigenvalue weighted by molar-refractivity contribution is 6.04. The molecule has 0 unspecified atom stereocenters. The average molecular weight is 289 g/mol. The van der Waals surface area contributed by atoms with Gasteiger partial charge in [-0.3, -0.25) is 9.89 Å². The van der Waals surface area contributed by atoms with Crippen molar-refractivity contribution in [3.05, 3.63) is 30.0 Å². The predicted octanol–water partition coefficient (Wildman–Crippen LogP) is 2.84. The van der Waals surface area contributed by atoms with Gasteiger partial charge in [0.05, 0.1) is 12.1 Å². The zero-order valence-electron chi connectivity index (χ0n) is 12.9. The third kappa shape index (κ3) is 3.24. The number of amides is 1. The summed E-state index contributed by atoms with van der Waals surface area (Å²) in [6.45, 7) is 5.32. The summed E-state index contributed by atoms with van der Waals surface area (Å²) in [6, 6.07) is 7.91. The van der Waals surface area contributed by atoms with Crippen LogP contribution in [0.2, 0.25) is 0 Å². The van der Waals surface area contributed by atoms with Crippen LogP contribution in [0, 0.1) is 0 Å². The standard InChI is InChI=1S/C16H23N3O2/c1-4-12(5-2)19(10-11-21-3)16(20)15-13-8-6-7-9-14(13)17-18-15/h6-9,12H,4-5,10-11H2,1-3H3,(H,17,18). The van der Waals surface area contributed by atoms with Crippen LogP contribution in [0.4, 0.5) is 0 Å². The lowest BCUT2D eigenvalue weighted by Gasteiger charge is -2.29. The molecule has 0 radical (unpaired) electrons. The van der Waals surface area contributed by atoms with Crippen molar-refractivity contribution in [2.45, 2.75) is 32.7 Å². The first-order chi connectivity index (χ1) is 10.2. The maximum atomic E-state index is 12.9. The highest BCUT2D eigenvalue weighted by atomic mass is 16.5. The minimum absolute atomic E-state index is 0.0294. The van der Waals surface area contributed by atoms with Gasteiger partial charge in [0.1, 0.15) is 0 Å². The lowest BCUT2D eigenvalue weighted by Crippen LogP contribution is -2.42.